The molecule has 42 nitrogen and oxygen atoms in total. The van der Waals surface area contributed by atoms with E-state index in [2.05, 4.69) is 107 Å². The number of benzene rings is 6. The number of rotatable bonds is 67. The zero-order chi connectivity index (χ0) is 108. The number of hydrogen-bond acceptors (Lipinski definition) is 26. The number of amides is 10. The van der Waals surface area contributed by atoms with Crippen molar-refractivity contribution in [1.29, 1.82) is 0 Å². The van der Waals surface area contributed by atoms with Gasteiger partial charge in [0, 0.05) is 80.5 Å². The third-order valence-corrected chi connectivity index (χ3v) is 22.1. The predicted molar refractivity (Wildman–Crippen MR) is 553 cm³/mol. The van der Waals surface area contributed by atoms with Gasteiger partial charge in [0.1, 0.15) is 74.8 Å². The number of hydrogen-bond donors (Lipinski definition) is 10. The van der Waals surface area contributed by atoms with E-state index in [9.17, 15) is 67.1 Å². The van der Waals surface area contributed by atoms with Crippen molar-refractivity contribution in [1.82, 2.24) is 83.2 Å². The number of carbonyl (C=O) groups excluding carboxylic acids is 14. The molecule has 0 radical (unpaired) electrons. The minimum atomic E-state index is -1.65. The van der Waals surface area contributed by atoms with E-state index in [1.165, 1.54) is 0 Å². The highest BCUT2D eigenvalue weighted by Crippen LogP contribution is 2.18. The summed E-state index contributed by atoms with van der Waals surface area (Å²) in [6.45, 7) is 16.0. The van der Waals surface area contributed by atoms with Crippen LogP contribution in [0.4, 0.5) is 0 Å². The van der Waals surface area contributed by atoms with Gasteiger partial charge in [-0.15, -0.1) is 22.5 Å². The van der Waals surface area contributed by atoms with Crippen molar-refractivity contribution in [3.63, 3.8) is 0 Å². The van der Waals surface area contributed by atoms with Crippen LogP contribution in [0.1, 0.15) is 196 Å². The summed E-state index contributed by atoms with van der Waals surface area (Å²) in [4.78, 5) is 198. The molecule has 0 bridgehead atoms. The minimum absolute atomic E-state index is 0.0452. The third kappa shape index (κ3) is 52.8. The molecule has 0 saturated carbocycles. The third-order valence-electron chi connectivity index (χ3n) is 22.1. The van der Waals surface area contributed by atoms with Crippen molar-refractivity contribution in [2.24, 2.45) is 22.1 Å². The van der Waals surface area contributed by atoms with Crippen molar-refractivity contribution in [3.8, 4) is 12.3 Å². The standard InChI is InChI=1S/C52H69N11O10.C50H65N11O10.C5H8/c1-4-5-15-25-54-49(67)44(32-47(65)72-35-39-19-11-7-12-20-39)58-52(70)45(33-48(66)73-36-40-21-13-8-14-22-40)59-50(68)42(30-37(2)3)57-51(69)43(31-38-17-9-6-10-18-38)56-46(64)24-16-23-41-34-63(62-60-41)27-29-71-28-26-55-61-53;1-4-23-52-47(65)42(30-45(63)70-33-37-17-10-6-11-18-37)56-50(68)43(31-46(64)71-34-38-19-12-7-13-20-38)57-49(67)41(29-36-15-8-5-9-16-36)55-48(66)40(28-35(2)3)54-44(62)22-14-21-39-32-61(60-58-39)25-27-69-26-24-53-59-51;1-3-5-4-2/h6-14,17-22,34,37,42-45H,4-5,15-16,23-33,35-36H2,1-3H3,(H,54,67)(H,56,64)(H,57,69)(H,58,70)(H,59,68);5-13,15-20,32,35,40-43H,4,14,21-31,33-34H2,1-3H3,(H,52,65)(H,54,62)(H,55,66)(H,56,68)(H,57,67);1H,4-5H2,2H3/t42-,43+,44-,45+;40-,41+,42+,43-;/m01./s1. The number of nitrogens with one attached hydrogen (secondary N) is 10. The Morgan fingerprint density at radius 3 is 0.987 bits per heavy atom. The summed E-state index contributed by atoms with van der Waals surface area (Å²) in [5.74, 6) is -8.09. The van der Waals surface area contributed by atoms with Gasteiger partial charge in [-0.1, -0.05) is 264 Å². The molecule has 0 spiro atoms. The molecule has 0 aliphatic heterocycles. The molecule has 42 heteroatoms. The lowest BCUT2D eigenvalue weighted by Gasteiger charge is -2.27. The molecular weight excluding hydrogens is 1910 g/mol. The molecule has 0 fully saturated rings. The Labute approximate surface area is 869 Å². The topological polar surface area (TPSA) is 574 Å². The number of carbonyl (C=O) groups is 14. The van der Waals surface area contributed by atoms with Gasteiger partial charge in [0.2, 0.25) is 59.1 Å². The molecular formula is C107H142N22O20. The maximum absolute atomic E-state index is 14.4. The first-order chi connectivity index (χ1) is 72.1. The average Bonchev–Trinajstić information content (AvgIpc) is 1.04. The van der Waals surface area contributed by atoms with E-state index in [4.69, 9.17) is 45.9 Å². The maximum Gasteiger partial charge on any atom is 0.308 e. The van der Waals surface area contributed by atoms with Crippen LogP contribution in [-0.4, -0.2) is 214 Å². The van der Waals surface area contributed by atoms with Gasteiger partial charge in [-0.25, -0.2) is 9.36 Å². The first-order valence-corrected chi connectivity index (χ1v) is 50.3. The minimum Gasteiger partial charge on any atom is -0.461 e. The van der Waals surface area contributed by atoms with E-state index in [1.54, 1.807) is 186 Å². The van der Waals surface area contributed by atoms with Crippen LogP contribution in [0.5, 0.6) is 0 Å². The predicted octanol–water partition coefficient (Wildman–Crippen LogP) is 10.1. The Morgan fingerprint density at radius 1 is 0.362 bits per heavy atom. The molecule has 0 saturated heterocycles. The number of esters is 4. The average molecular weight is 2060 g/mol. The highest BCUT2D eigenvalue weighted by atomic mass is 16.5. The SMILES string of the molecule is C#CCCC.CCCCCNC(=O)[C@H](CC(=O)OCc1ccccc1)NC(=O)[C@@H](CC(=O)OCc1ccccc1)NC(=O)[C@H](CC(C)C)NC(=O)[C@@H](Cc1ccccc1)NC(=O)CCCc1cn(CCOCCN=[N+]=[N-])nn1.CCCNC(=O)[C@H](CC(=O)OCc1ccccc1)NC(=O)[C@@H](CC(=O)OCc1ccccc1)NC(=O)[C@H](Cc1ccccc1)NC(=O)[C@@H](CC(C)C)NC(=O)CCCc1cn(CCOCCN=[N+]=[N-])nn1. The lowest BCUT2D eigenvalue weighted by Crippen LogP contribution is -2.59. The molecule has 10 amide bonds. The van der Waals surface area contributed by atoms with Crippen molar-refractivity contribution >= 4 is 82.9 Å². The molecule has 6 aromatic carbocycles. The van der Waals surface area contributed by atoms with Crippen molar-refractivity contribution < 1.29 is 95.5 Å². The van der Waals surface area contributed by atoms with Crippen molar-refractivity contribution in [3.05, 3.63) is 260 Å². The van der Waals surface area contributed by atoms with Gasteiger partial charge in [-0.3, -0.25) is 67.1 Å². The fourth-order valence-corrected chi connectivity index (χ4v) is 14.4. The van der Waals surface area contributed by atoms with E-state index in [0.29, 0.717) is 104 Å². The highest BCUT2D eigenvalue weighted by Gasteiger charge is 2.38. The van der Waals surface area contributed by atoms with Crippen LogP contribution < -0.4 is 53.2 Å². The zero-order valence-corrected chi connectivity index (χ0v) is 85.9. The summed E-state index contributed by atoms with van der Waals surface area (Å²) in [5.41, 5.74) is 22.2. The van der Waals surface area contributed by atoms with Gasteiger partial charge in [-0.05, 0) is 114 Å². The normalized spacial score (nSPS) is 12.3. The summed E-state index contributed by atoms with van der Waals surface area (Å²) in [5, 5.41) is 50.3. The molecule has 8 atom stereocenters. The molecule has 800 valence electrons. The van der Waals surface area contributed by atoms with Crippen LogP contribution in [0.3, 0.4) is 0 Å². The Morgan fingerprint density at radius 2 is 0.664 bits per heavy atom. The fourth-order valence-electron chi connectivity index (χ4n) is 14.4. The smallest absolute Gasteiger partial charge is 0.308 e. The molecule has 149 heavy (non-hydrogen) atoms. The molecule has 2 aromatic heterocycles. The van der Waals surface area contributed by atoms with E-state index in [0.717, 1.165) is 31.2 Å². The van der Waals surface area contributed by atoms with E-state index in [-0.39, 0.29) is 116 Å². The molecule has 8 aromatic rings. The fraction of sp³-hybridized carbons (Fsp3) is 0.477. The quantitative estimate of drug-likeness (QED) is 0.00322. The number of ether oxygens (including phenoxy) is 6. The molecule has 8 rings (SSSR count). The maximum atomic E-state index is 14.4. The number of unbranched alkanes of at least 4 members (excludes halogenated alkanes) is 3. The number of aromatic nitrogens is 6. The van der Waals surface area contributed by atoms with Crippen LogP contribution in [0.25, 0.3) is 20.9 Å². The van der Waals surface area contributed by atoms with Crippen LogP contribution in [0.15, 0.2) is 205 Å². The molecule has 10 N–H and O–H groups in total. The van der Waals surface area contributed by atoms with Gasteiger partial charge < -0.3 is 81.6 Å². The Kier molecular flexibility index (Phi) is 59.4. The monoisotopic (exact) mass is 2060 g/mol. The lowest BCUT2D eigenvalue weighted by atomic mass is 10.00. The summed E-state index contributed by atoms with van der Waals surface area (Å²) < 4.78 is 35.9. The molecule has 0 unspecified atom stereocenters. The first-order valence-electron chi connectivity index (χ1n) is 50.3. The van der Waals surface area contributed by atoms with E-state index in [1.807, 2.05) is 59.7 Å². The molecule has 0 aliphatic carbocycles. The Bertz CT molecular complexity index is 5530. The second kappa shape index (κ2) is 72.5. The second-order valence-electron chi connectivity index (χ2n) is 35.7. The number of nitrogens with zero attached hydrogens (tertiary/aromatic N) is 12. The Hall–Kier alpha value is -15.7. The lowest BCUT2D eigenvalue weighted by molar-refractivity contribution is -0.149. The van der Waals surface area contributed by atoms with Crippen molar-refractivity contribution in [2.45, 2.75) is 265 Å². The summed E-state index contributed by atoms with van der Waals surface area (Å²) >= 11 is 0. The van der Waals surface area contributed by atoms with E-state index >= 15 is 0 Å². The second-order valence-corrected chi connectivity index (χ2v) is 35.7. The largest absolute Gasteiger partial charge is 0.461 e. The van der Waals surface area contributed by atoms with Gasteiger partial charge in [0.05, 0.1) is 76.6 Å². The van der Waals surface area contributed by atoms with Gasteiger partial charge in [0.15, 0.2) is 0 Å². The molecule has 2 heterocycles. The van der Waals surface area contributed by atoms with Crippen LogP contribution in [0.2, 0.25) is 0 Å². The van der Waals surface area contributed by atoms with Crippen LogP contribution in [0, 0.1) is 24.2 Å². The van der Waals surface area contributed by atoms with Gasteiger partial charge >= 0.3 is 23.9 Å². The number of azide groups is 2. The van der Waals surface area contributed by atoms with Gasteiger partial charge in [0.25, 0.3) is 0 Å². The summed E-state index contributed by atoms with van der Waals surface area (Å²) in [7, 11) is 0. The zero-order valence-electron chi connectivity index (χ0n) is 85.9. The highest BCUT2D eigenvalue weighted by molar-refractivity contribution is 6.00. The van der Waals surface area contributed by atoms with Crippen LogP contribution in [-0.2, 0) is 161 Å². The summed E-state index contributed by atoms with van der Waals surface area (Å²) in [6, 6.07) is 42.4. The first kappa shape index (κ1) is 122. The number of aryl methyl sites for hydroxylation is 2. The molecule has 0 aliphatic rings. The van der Waals surface area contributed by atoms with E-state index < -0.39 is 157 Å². The summed E-state index contributed by atoms with van der Waals surface area (Å²) in [6.07, 6.45) is 13.0. The van der Waals surface area contributed by atoms with Crippen LogP contribution >= 0.6 is 0 Å². The Balaban J connectivity index is 0.000000435. The van der Waals surface area contributed by atoms with Gasteiger partial charge in [-0.2, -0.15) is 0 Å². The number of terminal acetylenes is 1. The van der Waals surface area contributed by atoms with Crippen molar-refractivity contribution in [2.75, 3.05) is 52.6 Å².